The van der Waals surface area contributed by atoms with Crippen LogP contribution in [0.5, 0.6) is 0 Å². The third-order valence-corrected chi connectivity index (χ3v) is 8.19. The number of carbonyl (C=O) groups excluding carboxylic acids is 1. The lowest BCUT2D eigenvalue weighted by atomic mass is 10.2. The Hall–Kier alpha value is -1.89. The summed E-state index contributed by atoms with van der Waals surface area (Å²) in [7, 11) is 0. The van der Waals surface area contributed by atoms with Gasteiger partial charge in [0.1, 0.15) is 5.03 Å². The Morgan fingerprint density at radius 2 is 1.82 bits per heavy atom. The Morgan fingerprint density at radius 1 is 1.00 bits per heavy atom. The molecule has 0 radical (unpaired) electrons. The minimum absolute atomic E-state index is 0.0875. The van der Waals surface area contributed by atoms with Crippen LogP contribution in [0.4, 0.5) is 5.69 Å². The molecule has 0 unspecified atom stereocenters. The second kappa shape index (κ2) is 9.54. The summed E-state index contributed by atoms with van der Waals surface area (Å²) < 4.78 is 0.466. The number of hydrogen-bond acceptors (Lipinski definition) is 5. The van der Waals surface area contributed by atoms with Crippen molar-refractivity contribution in [1.29, 1.82) is 0 Å². The van der Waals surface area contributed by atoms with Gasteiger partial charge in [0.15, 0.2) is 0 Å². The molecule has 3 aromatic rings. The molecule has 1 aromatic heterocycles. The Labute approximate surface area is 178 Å². The van der Waals surface area contributed by atoms with Crippen LogP contribution in [0.1, 0.15) is 26.9 Å². The van der Waals surface area contributed by atoms with Gasteiger partial charge in [-0.25, -0.2) is 4.98 Å². The predicted molar refractivity (Wildman–Crippen MR) is 121 cm³/mol. The highest BCUT2D eigenvalue weighted by molar-refractivity contribution is 8.16. The molecule has 0 saturated carbocycles. The molecule has 28 heavy (non-hydrogen) atoms. The first kappa shape index (κ1) is 19.4. The first-order valence-electron chi connectivity index (χ1n) is 9.11. The second-order valence-electron chi connectivity index (χ2n) is 6.30. The molecular weight excluding hydrogens is 404 g/mol. The monoisotopic (exact) mass is 424 g/mol. The Morgan fingerprint density at radius 3 is 2.57 bits per heavy atom. The molecule has 1 N–H and O–H groups in total. The average Bonchev–Trinajstić information content (AvgIpc) is 2.76. The van der Waals surface area contributed by atoms with Crippen molar-refractivity contribution in [2.24, 2.45) is 0 Å². The van der Waals surface area contributed by atoms with E-state index in [0.29, 0.717) is 10.1 Å². The van der Waals surface area contributed by atoms with Crippen LogP contribution in [0.15, 0.2) is 82.8 Å². The molecule has 3 nitrogen and oxygen atoms in total. The van der Waals surface area contributed by atoms with Gasteiger partial charge >= 0.3 is 0 Å². The van der Waals surface area contributed by atoms with Gasteiger partial charge in [0, 0.05) is 22.3 Å². The van der Waals surface area contributed by atoms with Crippen molar-refractivity contribution in [2.75, 3.05) is 16.8 Å². The molecule has 1 aliphatic heterocycles. The number of nitrogens with one attached hydrogen (secondary N) is 1. The Bertz CT molecular complexity index is 926. The van der Waals surface area contributed by atoms with E-state index in [1.165, 1.54) is 23.5 Å². The molecule has 2 heterocycles. The Kier molecular flexibility index (Phi) is 6.62. The van der Waals surface area contributed by atoms with Crippen molar-refractivity contribution in [3.8, 4) is 0 Å². The standard InChI is InChI=1S/C22H20N2OS3/c25-21(16-8-10-19(11-9-16)28-20-7-1-2-12-23-20)24-18-6-3-5-17(15-18)22-26-13-4-14-27-22/h1-3,5-12,15,22H,4,13-14H2,(H,24,25). The van der Waals surface area contributed by atoms with Crippen molar-refractivity contribution in [3.05, 3.63) is 84.1 Å². The maximum Gasteiger partial charge on any atom is 0.255 e. The molecular formula is C22H20N2OS3. The quantitative estimate of drug-likeness (QED) is 0.516. The van der Waals surface area contributed by atoms with Crippen LogP contribution in [0.2, 0.25) is 0 Å². The summed E-state index contributed by atoms with van der Waals surface area (Å²) >= 11 is 5.55. The summed E-state index contributed by atoms with van der Waals surface area (Å²) in [4.78, 5) is 18.0. The molecule has 0 bridgehead atoms. The van der Waals surface area contributed by atoms with E-state index in [0.717, 1.165) is 15.6 Å². The normalized spacial score (nSPS) is 14.6. The molecule has 142 valence electrons. The number of benzene rings is 2. The lowest BCUT2D eigenvalue weighted by Crippen LogP contribution is -2.12. The van der Waals surface area contributed by atoms with Crippen LogP contribution in [-0.2, 0) is 0 Å². The number of anilines is 1. The van der Waals surface area contributed by atoms with Gasteiger partial charge in [0.05, 0.1) is 4.58 Å². The van der Waals surface area contributed by atoms with Crippen molar-refractivity contribution in [3.63, 3.8) is 0 Å². The van der Waals surface area contributed by atoms with Crippen LogP contribution < -0.4 is 5.32 Å². The smallest absolute Gasteiger partial charge is 0.255 e. The van der Waals surface area contributed by atoms with E-state index in [1.807, 2.05) is 78.1 Å². The first-order valence-corrected chi connectivity index (χ1v) is 12.0. The average molecular weight is 425 g/mol. The van der Waals surface area contributed by atoms with Crippen LogP contribution in [0.3, 0.4) is 0 Å². The van der Waals surface area contributed by atoms with E-state index in [-0.39, 0.29) is 5.91 Å². The lowest BCUT2D eigenvalue weighted by Gasteiger charge is -2.21. The largest absolute Gasteiger partial charge is 0.322 e. The minimum atomic E-state index is -0.0875. The third-order valence-electron chi connectivity index (χ3n) is 4.22. The maximum atomic E-state index is 12.6. The van der Waals surface area contributed by atoms with E-state index in [2.05, 4.69) is 22.4 Å². The molecule has 1 aliphatic rings. The number of nitrogens with zero attached hydrogens (tertiary/aromatic N) is 1. The van der Waals surface area contributed by atoms with E-state index in [4.69, 9.17) is 0 Å². The zero-order valence-electron chi connectivity index (χ0n) is 15.2. The van der Waals surface area contributed by atoms with Crippen LogP contribution in [0.25, 0.3) is 0 Å². The van der Waals surface area contributed by atoms with Gasteiger partial charge in [-0.1, -0.05) is 30.0 Å². The number of aromatic nitrogens is 1. The van der Waals surface area contributed by atoms with E-state index in [9.17, 15) is 4.79 Å². The van der Waals surface area contributed by atoms with Gasteiger partial charge in [0.2, 0.25) is 0 Å². The van der Waals surface area contributed by atoms with Crippen molar-refractivity contribution in [1.82, 2.24) is 4.98 Å². The van der Waals surface area contributed by atoms with Crippen molar-refractivity contribution >= 4 is 46.9 Å². The van der Waals surface area contributed by atoms with E-state index >= 15 is 0 Å². The summed E-state index contributed by atoms with van der Waals surface area (Å²) in [5.74, 6) is 2.32. The maximum absolute atomic E-state index is 12.6. The number of thioether (sulfide) groups is 2. The van der Waals surface area contributed by atoms with Gasteiger partial charge in [-0.15, -0.1) is 23.5 Å². The summed E-state index contributed by atoms with van der Waals surface area (Å²) in [5.41, 5.74) is 2.77. The number of pyridine rings is 1. The zero-order chi connectivity index (χ0) is 19.2. The van der Waals surface area contributed by atoms with Gasteiger partial charge in [0.25, 0.3) is 5.91 Å². The van der Waals surface area contributed by atoms with Gasteiger partial charge < -0.3 is 5.32 Å². The molecule has 6 heteroatoms. The highest BCUT2D eigenvalue weighted by Crippen LogP contribution is 2.44. The second-order valence-corrected chi connectivity index (χ2v) is 10.1. The van der Waals surface area contributed by atoms with Crippen molar-refractivity contribution in [2.45, 2.75) is 20.9 Å². The van der Waals surface area contributed by atoms with Crippen LogP contribution >= 0.6 is 35.3 Å². The van der Waals surface area contributed by atoms with Gasteiger partial charge in [-0.3, -0.25) is 4.79 Å². The molecule has 0 aliphatic carbocycles. The van der Waals surface area contributed by atoms with E-state index < -0.39 is 0 Å². The van der Waals surface area contributed by atoms with Gasteiger partial charge in [-0.2, -0.15) is 0 Å². The fourth-order valence-corrected chi connectivity index (χ4v) is 6.50. The fraction of sp³-hybridized carbons (Fsp3) is 0.182. The lowest BCUT2D eigenvalue weighted by molar-refractivity contribution is 0.102. The molecule has 1 amide bonds. The van der Waals surface area contributed by atoms with Crippen LogP contribution in [0, 0.1) is 0 Å². The topological polar surface area (TPSA) is 42.0 Å². The number of amides is 1. The molecule has 4 rings (SSSR count). The van der Waals surface area contributed by atoms with Crippen LogP contribution in [-0.4, -0.2) is 22.4 Å². The molecule has 1 fully saturated rings. The van der Waals surface area contributed by atoms with Gasteiger partial charge in [-0.05, 0) is 72.0 Å². The zero-order valence-corrected chi connectivity index (χ0v) is 17.7. The fourth-order valence-electron chi connectivity index (χ4n) is 2.85. The SMILES string of the molecule is O=C(Nc1cccc(C2SCCCS2)c1)c1ccc(Sc2ccccn2)cc1. The number of hydrogen-bond donors (Lipinski definition) is 1. The summed E-state index contributed by atoms with van der Waals surface area (Å²) in [6.07, 6.45) is 3.06. The predicted octanol–water partition coefficient (Wildman–Crippen LogP) is 6.35. The molecule has 1 saturated heterocycles. The van der Waals surface area contributed by atoms with E-state index in [1.54, 1.807) is 18.0 Å². The highest BCUT2D eigenvalue weighted by atomic mass is 32.2. The number of rotatable bonds is 5. The third kappa shape index (κ3) is 5.13. The Balaban J connectivity index is 1.41. The molecule has 0 spiro atoms. The first-order chi connectivity index (χ1) is 13.8. The minimum Gasteiger partial charge on any atom is -0.322 e. The van der Waals surface area contributed by atoms with Crippen molar-refractivity contribution < 1.29 is 4.79 Å². The molecule has 2 aromatic carbocycles. The summed E-state index contributed by atoms with van der Waals surface area (Å²) in [5, 5.41) is 3.97. The summed E-state index contributed by atoms with van der Waals surface area (Å²) in [6.45, 7) is 0. The highest BCUT2D eigenvalue weighted by Gasteiger charge is 2.17. The summed E-state index contributed by atoms with van der Waals surface area (Å²) in [6, 6.07) is 21.7. The molecule has 0 atom stereocenters. The number of carbonyl (C=O) groups is 1.